The molecule has 9 rings (SSSR count). The summed E-state index contributed by atoms with van der Waals surface area (Å²) in [5, 5.41) is 14.9. The summed E-state index contributed by atoms with van der Waals surface area (Å²) in [5.74, 6) is 2.26. The fourth-order valence-electron chi connectivity index (χ4n) is 6.32. The van der Waals surface area contributed by atoms with E-state index in [1.807, 2.05) is 84.9 Å². The fraction of sp³-hybridized carbons (Fsp3) is 0.111. The van der Waals surface area contributed by atoms with Crippen molar-refractivity contribution in [2.45, 2.75) is 26.2 Å². The molecular weight excluding hydrogens is 560 g/mol. The minimum atomic E-state index is -0.298. The molecular formula is C36H26N8O. The molecule has 9 heteroatoms. The molecule has 0 unspecified atom stereocenters. The predicted molar refractivity (Wildman–Crippen MR) is 176 cm³/mol. The number of phenols is 1. The number of rotatable bonds is 0. The highest BCUT2D eigenvalue weighted by Crippen LogP contribution is 2.41. The highest BCUT2D eigenvalue weighted by Gasteiger charge is 2.25. The molecule has 45 heavy (non-hydrogen) atoms. The second kappa shape index (κ2) is 9.03. The van der Waals surface area contributed by atoms with Crippen molar-refractivity contribution in [3.05, 3.63) is 90.5 Å². The maximum absolute atomic E-state index is 11.7. The first-order valence-electron chi connectivity index (χ1n) is 14.8. The van der Waals surface area contributed by atoms with Gasteiger partial charge in [-0.2, -0.15) is 0 Å². The van der Waals surface area contributed by atoms with Crippen LogP contribution in [0.15, 0.2) is 84.9 Å². The molecule has 0 spiro atoms. The molecule has 0 aliphatic carbocycles. The second-order valence-electron chi connectivity index (χ2n) is 12.4. The quantitative estimate of drug-likeness (QED) is 0.165. The molecule has 0 amide bonds. The Labute approximate surface area is 256 Å². The standard InChI is InChI=1S/C36H26N8O/c1-36(2,3)25-17-16-24-26(27(25)45)35-43-33-23-15-9-8-14-22(23)31(41-33)39-29-19-11-5-4-10-18(19)28(37-29)38-30-20-12-6-7-13-21(20)32(40-30)42-34(24)44-35/h4-17,45H,1-3H3,(H2,37,38,39,40,41,42,43,44). The average molecular weight is 587 g/mol. The zero-order valence-corrected chi connectivity index (χ0v) is 24.7. The van der Waals surface area contributed by atoms with Crippen molar-refractivity contribution < 1.29 is 5.11 Å². The van der Waals surface area contributed by atoms with E-state index in [0.717, 1.165) is 44.0 Å². The highest BCUT2D eigenvalue weighted by molar-refractivity contribution is 6.09. The number of H-pyrrole nitrogens is 2. The van der Waals surface area contributed by atoms with Gasteiger partial charge in [-0.25, -0.2) is 29.9 Å². The minimum Gasteiger partial charge on any atom is -0.507 e. The molecule has 0 atom stereocenters. The van der Waals surface area contributed by atoms with Crippen molar-refractivity contribution in [1.29, 1.82) is 0 Å². The lowest BCUT2D eigenvalue weighted by Gasteiger charge is -2.20. The van der Waals surface area contributed by atoms with E-state index < -0.39 is 0 Å². The molecule has 8 bridgehead atoms. The van der Waals surface area contributed by atoms with Gasteiger partial charge in [0.25, 0.3) is 0 Å². The number of hydrogen-bond acceptors (Lipinski definition) is 7. The number of phenolic OH excluding ortho intramolecular Hbond substituents is 1. The largest absolute Gasteiger partial charge is 0.507 e. The lowest BCUT2D eigenvalue weighted by atomic mass is 9.85. The van der Waals surface area contributed by atoms with Crippen LogP contribution in [-0.2, 0) is 5.41 Å². The van der Waals surface area contributed by atoms with Gasteiger partial charge in [0.2, 0.25) is 0 Å². The molecule has 9 nitrogen and oxygen atoms in total. The second-order valence-corrected chi connectivity index (χ2v) is 12.4. The number of hydrogen-bond donors (Lipinski definition) is 3. The molecule has 0 fully saturated rings. The zero-order valence-electron chi connectivity index (χ0n) is 24.7. The normalized spacial score (nSPS) is 12.4. The van der Waals surface area contributed by atoms with Crippen molar-refractivity contribution in [1.82, 2.24) is 39.9 Å². The SMILES string of the molecule is CC(C)(C)c1ccc2c3nc4nc(nc5[nH]c(nc6nc(nc([nH]3)c2c1O)-c1ccccc1-6)c1ccccc51)-c1ccccc1-4. The van der Waals surface area contributed by atoms with E-state index in [9.17, 15) is 5.11 Å². The third-order valence-corrected chi connectivity index (χ3v) is 8.50. The van der Waals surface area contributed by atoms with Crippen LogP contribution in [0.4, 0.5) is 0 Å². The van der Waals surface area contributed by atoms with Crippen molar-refractivity contribution in [3.8, 4) is 51.3 Å². The van der Waals surface area contributed by atoms with E-state index in [1.165, 1.54) is 0 Å². The molecule has 0 saturated heterocycles. The van der Waals surface area contributed by atoms with Crippen LogP contribution in [0.2, 0.25) is 0 Å². The monoisotopic (exact) mass is 586 g/mol. The molecule has 216 valence electrons. The molecule has 7 aromatic rings. The van der Waals surface area contributed by atoms with Crippen LogP contribution >= 0.6 is 0 Å². The number of aromatic hydroxyl groups is 1. The van der Waals surface area contributed by atoms with Gasteiger partial charge >= 0.3 is 0 Å². The van der Waals surface area contributed by atoms with E-state index in [2.05, 4.69) is 30.7 Å². The average Bonchev–Trinajstić information content (AvgIpc) is 3.76. The highest BCUT2D eigenvalue weighted by atomic mass is 16.3. The smallest absolute Gasteiger partial charge is 0.164 e. The van der Waals surface area contributed by atoms with Crippen LogP contribution in [-0.4, -0.2) is 45.0 Å². The van der Waals surface area contributed by atoms with Crippen LogP contribution in [0, 0.1) is 0 Å². The van der Waals surface area contributed by atoms with Gasteiger partial charge in [0.05, 0.1) is 5.39 Å². The van der Waals surface area contributed by atoms with Gasteiger partial charge in [0.15, 0.2) is 23.3 Å². The van der Waals surface area contributed by atoms with E-state index in [0.29, 0.717) is 51.3 Å². The van der Waals surface area contributed by atoms with Gasteiger partial charge < -0.3 is 15.1 Å². The van der Waals surface area contributed by atoms with E-state index >= 15 is 0 Å². The summed E-state index contributed by atoms with van der Waals surface area (Å²) in [7, 11) is 0. The number of nitrogens with one attached hydrogen (secondary N) is 2. The van der Waals surface area contributed by atoms with Gasteiger partial charge in [-0.05, 0) is 11.5 Å². The minimum absolute atomic E-state index is 0.163. The number of aromatic nitrogens is 8. The molecule has 0 saturated carbocycles. The Hall–Kier alpha value is -5.96. The summed E-state index contributed by atoms with van der Waals surface area (Å²) < 4.78 is 0. The molecule has 2 aliphatic rings. The third kappa shape index (κ3) is 3.80. The van der Waals surface area contributed by atoms with Crippen molar-refractivity contribution >= 4 is 44.1 Å². The predicted octanol–water partition coefficient (Wildman–Crippen LogP) is 7.87. The number of aromatic amines is 2. The Balaban J connectivity index is 1.51. The molecule has 2 aliphatic heterocycles. The molecule has 3 aromatic heterocycles. The first-order valence-corrected chi connectivity index (χ1v) is 14.8. The molecule has 0 radical (unpaired) electrons. The number of fused-ring (bicyclic) bond motifs is 20. The van der Waals surface area contributed by atoms with Crippen molar-refractivity contribution in [2.24, 2.45) is 0 Å². The van der Waals surface area contributed by atoms with Crippen LogP contribution < -0.4 is 0 Å². The van der Waals surface area contributed by atoms with Crippen LogP contribution in [0.5, 0.6) is 5.75 Å². The molecule has 5 heterocycles. The number of nitrogens with zero attached hydrogens (tertiary/aromatic N) is 6. The lowest BCUT2D eigenvalue weighted by molar-refractivity contribution is 0.453. The van der Waals surface area contributed by atoms with E-state index in [4.69, 9.17) is 29.9 Å². The van der Waals surface area contributed by atoms with Crippen LogP contribution in [0.3, 0.4) is 0 Å². The van der Waals surface area contributed by atoms with Gasteiger partial charge in [0.1, 0.15) is 28.3 Å². The van der Waals surface area contributed by atoms with Gasteiger partial charge in [-0.15, -0.1) is 0 Å². The summed E-state index contributed by atoms with van der Waals surface area (Å²) in [6, 6.07) is 27.8. The first kappa shape index (κ1) is 25.5. The maximum Gasteiger partial charge on any atom is 0.164 e. The fourth-order valence-corrected chi connectivity index (χ4v) is 6.32. The molecule has 4 aromatic carbocycles. The van der Waals surface area contributed by atoms with E-state index in [1.54, 1.807) is 0 Å². The van der Waals surface area contributed by atoms with Crippen LogP contribution in [0.25, 0.3) is 89.7 Å². The Bertz CT molecular complexity index is 2550. The Morgan fingerprint density at radius 3 is 1.33 bits per heavy atom. The Morgan fingerprint density at radius 2 is 0.867 bits per heavy atom. The topological polar surface area (TPSA) is 129 Å². The van der Waals surface area contributed by atoms with Gasteiger partial charge in [0, 0.05) is 44.0 Å². The third-order valence-electron chi connectivity index (χ3n) is 8.50. The van der Waals surface area contributed by atoms with Crippen LogP contribution in [0.1, 0.15) is 26.3 Å². The summed E-state index contributed by atoms with van der Waals surface area (Å²) >= 11 is 0. The summed E-state index contributed by atoms with van der Waals surface area (Å²) in [4.78, 5) is 36.8. The summed E-state index contributed by atoms with van der Waals surface area (Å²) in [5.41, 5.74) is 6.27. The zero-order chi connectivity index (χ0) is 30.4. The lowest BCUT2D eigenvalue weighted by Crippen LogP contribution is -2.11. The molecule has 3 N–H and O–H groups in total. The van der Waals surface area contributed by atoms with Crippen molar-refractivity contribution in [2.75, 3.05) is 0 Å². The summed E-state index contributed by atoms with van der Waals surface area (Å²) in [6.45, 7) is 6.22. The van der Waals surface area contributed by atoms with E-state index in [-0.39, 0.29) is 11.2 Å². The van der Waals surface area contributed by atoms with Crippen molar-refractivity contribution in [3.63, 3.8) is 0 Å². The summed E-state index contributed by atoms with van der Waals surface area (Å²) in [6.07, 6.45) is 0. The first-order chi connectivity index (χ1) is 21.8. The Morgan fingerprint density at radius 1 is 0.467 bits per heavy atom. The Kier molecular flexibility index (Phi) is 5.12. The maximum atomic E-state index is 11.7. The van der Waals surface area contributed by atoms with Gasteiger partial charge in [-0.3, -0.25) is 0 Å². The van der Waals surface area contributed by atoms with Gasteiger partial charge in [-0.1, -0.05) is 99.6 Å². The number of benzene rings is 4.